The quantitative estimate of drug-likeness (QED) is 0.865. The van der Waals surface area contributed by atoms with E-state index in [1.807, 2.05) is 69.3 Å². The van der Waals surface area contributed by atoms with Crippen LogP contribution in [-0.2, 0) is 0 Å². The summed E-state index contributed by atoms with van der Waals surface area (Å²) >= 11 is 0. The number of rotatable bonds is 5. The van der Waals surface area contributed by atoms with E-state index in [4.69, 9.17) is 4.74 Å². The zero-order valence-corrected chi connectivity index (χ0v) is 13.2. The summed E-state index contributed by atoms with van der Waals surface area (Å²) in [5, 5.41) is 5.76. The van der Waals surface area contributed by atoms with Crippen molar-refractivity contribution in [2.24, 2.45) is 0 Å². The highest BCUT2D eigenvalue weighted by molar-refractivity contribution is 5.89. The molecule has 0 saturated carbocycles. The first-order chi connectivity index (χ1) is 10.6. The van der Waals surface area contributed by atoms with Gasteiger partial charge in [-0.3, -0.25) is 0 Å². The van der Waals surface area contributed by atoms with Gasteiger partial charge in [-0.1, -0.05) is 35.9 Å². The van der Waals surface area contributed by atoms with Crippen LogP contribution in [-0.4, -0.2) is 12.6 Å². The second-order valence-electron chi connectivity index (χ2n) is 5.16. The fraction of sp³-hybridized carbons (Fsp3) is 0.278. The van der Waals surface area contributed by atoms with Gasteiger partial charge in [-0.2, -0.15) is 0 Å². The third kappa shape index (κ3) is 4.25. The number of aryl methyl sites for hydroxylation is 1. The van der Waals surface area contributed by atoms with Crippen LogP contribution in [0.25, 0.3) is 0 Å². The second-order valence-corrected chi connectivity index (χ2v) is 5.16. The summed E-state index contributed by atoms with van der Waals surface area (Å²) < 4.78 is 5.64. The molecule has 2 aromatic carbocycles. The average molecular weight is 298 g/mol. The van der Waals surface area contributed by atoms with Gasteiger partial charge in [0.2, 0.25) is 0 Å². The summed E-state index contributed by atoms with van der Waals surface area (Å²) in [5.41, 5.74) is 2.88. The van der Waals surface area contributed by atoms with Crippen molar-refractivity contribution in [2.75, 3.05) is 11.9 Å². The molecule has 0 bridgehead atoms. The molecule has 0 saturated heterocycles. The summed E-state index contributed by atoms with van der Waals surface area (Å²) in [4.78, 5) is 12.1. The number of ether oxygens (including phenoxy) is 1. The number of hydrogen-bond donors (Lipinski definition) is 2. The fourth-order valence-corrected chi connectivity index (χ4v) is 2.26. The van der Waals surface area contributed by atoms with Crippen LogP contribution in [0, 0.1) is 6.92 Å². The van der Waals surface area contributed by atoms with Gasteiger partial charge in [0.05, 0.1) is 12.6 Å². The number of para-hydroxylation sites is 1. The summed E-state index contributed by atoms with van der Waals surface area (Å²) in [5.74, 6) is 0.806. The maximum atomic E-state index is 12.1. The van der Waals surface area contributed by atoms with Gasteiger partial charge in [0.15, 0.2) is 0 Å². The molecule has 0 spiro atoms. The van der Waals surface area contributed by atoms with Crippen LogP contribution in [0.15, 0.2) is 48.5 Å². The molecule has 0 fully saturated rings. The molecule has 0 radical (unpaired) electrons. The van der Waals surface area contributed by atoms with Crippen molar-refractivity contribution in [3.63, 3.8) is 0 Å². The standard InChI is InChI=1S/C18H22N2O2/c1-4-22-17-11-10-13(2)12-16(17)14(3)19-18(21)20-15-8-6-5-7-9-15/h5-12,14H,4H2,1-3H3,(H2,19,20,21). The van der Waals surface area contributed by atoms with Crippen LogP contribution < -0.4 is 15.4 Å². The van der Waals surface area contributed by atoms with E-state index < -0.39 is 0 Å². The molecule has 2 aromatic rings. The van der Waals surface area contributed by atoms with Gasteiger partial charge < -0.3 is 15.4 Å². The molecule has 22 heavy (non-hydrogen) atoms. The number of anilines is 1. The smallest absolute Gasteiger partial charge is 0.319 e. The summed E-state index contributed by atoms with van der Waals surface area (Å²) in [7, 11) is 0. The third-order valence-electron chi connectivity index (χ3n) is 3.31. The number of carbonyl (C=O) groups is 1. The van der Waals surface area contributed by atoms with Crippen LogP contribution >= 0.6 is 0 Å². The first-order valence-electron chi connectivity index (χ1n) is 7.46. The van der Waals surface area contributed by atoms with Crippen molar-refractivity contribution < 1.29 is 9.53 Å². The monoisotopic (exact) mass is 298 g/mol. The summed E-state index contributed by atoms with van der Waals surface area (Å²) in [6, 6.07) is 15.0. The Morgan fingerprint density at radius 1 is 1.18 bits per heavy atom. The van der Waals surface area contributed by atoms with Crippen LogP contribution in [0.3, 0.4) is 0 Å². The Balaban J connectivity index is 2.06. The predicted molar refractivity (Wildman–Crippen MR) is 89.4 cm³/mol. The van der Waals surface area contributed by atoms with Crippen molar-refractivity contribution >= 4 is 11.7 Å². The highest BCUT2D eigenvalue weighted by atomic mass is 16.5. The SMILES string of the molecule is CCOc1ccc(C)cc1C(C)NC(=O)Nc1ccccc1. The predicted octanol–water partition coefficient (Wildman–Crippen LogP) is 4.28. The van der Waals surface area contributed by atoms with Crippen molar-refractivity contribution in [1.29, 1.82) is 0 Å². The third-order valence-corrected chi connectivity index (χ3v) is 3.31. The Kier molecular flexibility index (Phi) is 5.42. The first kappa shape index (κ1) is 15.9. The van der Waals surface area contributed by atoms with E-state index in [0.29, 0.717) is 6.61 Å². The van der Waals surface area contributed by atoms with Gasteiger partial charge >= 0.3 is 6.03 Å². The Hall–Kier alpha value is -2.49. The molecule has 116 valence electrons. The molecular formula is C18H22N2O2. The molecule has 0 heterocycles. The molecule has 2 rings (SSSR count). The number of nitrogens with one attached hydrogen (secondary N) is 2. The highest BCUT2D eigenvalue weighted by Gasteiger charge is 2.14. The van der Waals surface area contributed by atoms with Crippen LogP contribution in [0.1, 0.15) is 31.0 Å². The van der Waals surface area contributed by atoms with Crippen LogP contribution in [0.5, 0.6) is 5.75 Å². The normalized spacial score (nSPS) is 11.6. The lowest BCUT2D eigenvalue weighted by atomic mass is 10.0. The van der Waals surface area contributed by atoms with E-state index in [0.717, 1.165) is 22.6 Å². The van der Waals surface area contributed by atoms with Gasteiger partial charge in [0.25, 0.3) is 0 Å². The zero-order chi connectivity index (χ0) is 15.9. The zero-order valence-electron chi connectivity index (χ0n) is 13.2. The fourth-order valence-electron chi connectivity index (χ4n) is 2.26. The van der Waals surface area contributed by atoms with Gasteiger partial charge in [-0.15, -0.1) is 0 Å². The molecule has 2 N–H and O–H groups in total. The Morgan fingerprint density at radius 2 is 1.91 bits per heavy atom. The lowest BCUT2D eigenvalue weighted by Crippen LogP contribution is -2.31. The largest absolute Gasteiger partial charge is 0.494 e. The van der Waals surface area contributed by atoms with Crippen molar-refractivity contribution in [1.82, 2.24) is 5.32 Å². The Labute approximate surface area is 131 Å². The number of hydrogen-bond acceptors (Lipinski definition) is 2. The van der Waals surface area contributed by atoms with Crippen LogP contribution in [0.4, 0.5) is 10.5 Å². The van der Waals surface area contributed by atoms with Gasteiger partial charge in [-0.25, -0.2) is 4.79 Å². The first-order valence-corrected chi connectivity index (χ1v) is 7.46. The van der Waals surface area contributed by atoms with E-state index in [1.54, 1.807) is 0 Å². The Bertz CT molecular complexity index is 626. The van der Waals surface area contributed by atoms with E-state index in [2.05, 4.69) is 10.6 Å². The molecule has 0 aliphatic carbocycles. The maximum absolute atomic E-state index is 12.1. The topological polar surface area (TPSA) is 50.4 Å². The molecular weight excluding hydrogens is 276 g/mol. The number of amides is 2. The molecule has 4 heteroatoms. The van der Waals surface area contributed by atoms with Gasteiger partial charge in [-0.05, 0) is 39.0 Å². The highest BCUT2D eigenvalue weighted by Crippen LogP contribution is 2.26. The van der Waals surface area contributed by atoms with Crippen molar-refractivity contribution in [3.8, 4) is 5.75 Å². The maximum Gasteiger partial charge on any atom is 0.319 e. The molecule has 2 amide bonds. The van der Waals surface area contributed by atoms with Gasteiger partial charge in [0, 0.05) is 11.3 Å². The minimum Gasteiger partial charge on any atom is -0.494 e. The summed E-state index contributed by atoms with van der Waals surface area (Å²) in [6.45, 7) is 6.51. The molecule has 0 aromatic heterocycles. The molecule has 0 aliphatic heterocycles. The molecule has 4 nitrogen and oxygen atoms in total. The van der Waals surface area contributed by atoms with Crippen LogP contribution in [0.2, 0.25) is 0 Å². The van der Waals surface area contributed by atoms with E-state index in [-0.39, 0.29) is 12.1 Å². The minimum atomic E-state index is -0.234. The lowest BCUT2D eigenvalue weighted by molar-refractivity contribution is 0.249. The lowest BCUT2D eigenvalue weighted by Gasteiger charge is -2.19. The molecule has 1 unspecified atom stereocenters. The van der Waals surface area contributed by atoms with Gasteiger partial charge in [0.1, 0.15) is 5.75 Å². The van der Waals surface area contributed by atoms with E-state index >= 15 is 0 Å². The molecule has 0 aliphatic rings. The summed E-state index contributed by atoms with van der Waals surface area (Å²) in [6.07, 6.45) is 0. The average Bonchev–Trinajstić information content (AvgIpc) is 2.50. The number of carbonyl (C=O) groups excluding carboxylic acids is 1. The second kappa shape index (κ2) is 7.50. The minimum absolute atomic E-state index is 0.148. The molecule has 1 atom stereocenters. The van der Waals surface area contributed by atoms with E-state index in [1.165, 1.54) is 0 Å². The number of urea groups is 1. The van der Waals surface area contributed by atoms with Crippen molar-refractivity contribution in [3.05, 3.63) is 59.7 Å². The van der Waals surface area contributed by atoms with Crippen molar-refractivity contribution in [2.45, 2.75) is 26.8 Å². The van der Waals surface area contributed by atoms with E-state index in [9.17, 15) is 4.79 Å². The Morgan fingerprint density at radius 3 is 2.59 bits per heavy atom. The number of benzene rings is 2.